The number of methoxy groups -OCH3 is 1. The Bertz CT molecular complexity index is 933. The quantitative estimate of drug-likeness (QED) is 0.849. The zero-order chi connectivity index (χ0) is 19.7. The fraction of sp³-hybridized carbons (Fsp3) is 0.375. The molecule has 4 nitrogen and oxygen atoms in total. The van der Waals surface area contributed by atoms with Crippen LogP contribution in [-0.4, -0.2) is 31.1 Å². The Labute approximate surface area is 167 Å². The van der Waals surface area contributed by atoms with E-state index in [0.717, 1.165) is 25.0 Å². The van der Waals surface area contributed by atoms with Gasteiger partial charge < -0.3 is 9.64 Å². The van der Waals surface area contributed by atoms with Crippen LogP contribution in [0.25, 0.3) is 11.1 Å². The van der Waals surface area contributed by atoms with Gasteiger partial charge in [0, 0.05) is 24.4 Å². The molecule has 1 aliphatic heterocycles. The van der Waals surface area contributed by atoms with Crippen LogP contribution < -0.4 is 10.5 Å². The van der Waals surface area contributed by atoms with Gasteiger partial charge in [-0.3, -0.25) is 5.73 Å². The van der Waals surface area contributed by atoms with Crippen molar-refractivity contribution in [3.05, 3.63) is 65.9 Å². The van der Waals surface area contributed by atoms with Crippen LogP contribution in [0.4, 0.5) is 0 Å². The molecule has 2 unspecified atom stereocenters. The lowest BCUT2D eigenvalue weighted by Gasteiger charge is -2.41. The van der Waals surface area contributed by atoms with Crippen LogP contribution in [0, 0.1) is 5.41 Å². The van der Waals surface area contributed by atoms with E-state index in [-0.39, 0.29) is 11.7 Å². The van der Waals surface area contributed by atoms with Gasteiger partial charge in [0.2, 0.25) is 0 Å². The largest absolute Gasteiger partial charge is 0.497 e. The first-order valence-electron chi connectivity index (χ1n) is 9.99. The Morgan fingerprint density at radius 2 is 1.93 bits per heavy atom. The highest BCUT2D eigenvalue weighted by Gasteiger charge is 2.38. The highest BCUT2D eigenvalue weighted by atomic mass is 16.5. The normalized spacial score (nSPS) is 24.3. The summed E-state index contributed by atoms with van der Waals surface area (Å²) in [6, 6.07) is 17.1. The molecule has 28 heavy (non-hydrogen) atoms. The van der Waals surface area contributed by atoms with Crippen molar-refractivity contribution in [3.63, 3.8) is 0 Å². The topological polar surface area (TPSA) is 50.9 Å². The van der Waals surface area contributed by atoms with Gasteiger partial charge >= 0.3 is 0 Å². The summed E-state index contributed by atoms with van der Waals surface area (Å²) in [5, 5.41) is 0. The van der Waals surface area contributed by atoms with Crippen LogP contribution >= 0.6 is 0 Å². The maximum Gasteiger partial charge on any atom is 0.173 e. The summed E-state index contributed by atoms with van der Waals surface area (Å²) in [4.78, 5) is 6.88. The Balaban J connectivity index is 1.63. The molecule has 146 valence electrons. The fourth-order valence-electron chi connectivity index (χ4n) is 4.49. The first kappa shape index (κ1) is 18.8. The Morgan fingerprint density at radius 3 is 2.71 bits per heavy atom. The second-order valence-corrected chi connectivity index (χ2v) is 8.23. The van der Waals surface area contributed by atoms with E-state index >= 15 is 0 Å². The van der Waals surface area contributed by atoms with Crippen molar-refractivity contribution in [2.45, 2.75) is 38.9 Å². The first-order chi connectivity index (χ1) is 13.5. The number of allylic oxidation sites excluding steroid dienone is 1. The van der Waals surface area contributed by atoms with Crippen molar-refractivity contribution < 1.29 is 4.74 Å². The number of aliphatic imine (C=N–C) groups is 1. The second kappa shape index (κ2) is 7.44. The number of hydrogen-bond donors (Lipinski definition) is 1. The highest BCUT2D eigenvalue weighted by molar-refractivity contribution is 6.05. The van der Waals surface area contributed by atoms with E-state index in [1.165, 1.54) is 34.4 Å². The predicted octanol–water partition coefficient (Wildman–Crippen LogP) is 4.61. The van der Waals surface area contributed by atoms with Gasteiger partial charge in [0.1, 0.15) is 5.75 Å². The summed E-state index contributed by atoms with van der Waals surface area (Å²) in [7, 11) is 3.71. The third-order valence-corrected chi connectivity index (χ3v) is 6.01. The summed E-state index contributed by atoms with van der Waals surface area (Å²) >= 11 is 0. The van der Waals surface area contributed by atoms with Crippen LogP contribution in [-0.2, 0) is 6.42 Å². The fourth-order valence-corrected chi connectivity index (χ4v) is 4.49. The number of rotatable bonds is 4. The van der Waals surface area contributed by atoms with E-state index in [2.05, 4.69) is 49.5 Å². The van der Waals surface area contributed by atoms with Crippen molar-refractivity contribution >= 4 is 5.71 Å². The number of fused-ring (bicyclic) bond motifs is 1. The van der Waals surface area contributed by atoms with Gasteiger partial charge in [-0.1, -0.05) is 43.3 Å². The van der Waals surface area contributed by atoms with E-state index in [1.54, 1.807) is 7.11 Å². The summed E-state index contributed by atoms with van der Waals surface area (Å²) in [5.41, 5.74) is 12.5. The lowest BCUT2D eigenvalue weighted by molar-refractivity contribution is 0.316. The molecule has 0 radical (unpaired) electrons. The third kappa shape index (κ3) is 3.57. The lowest BCUT2D eigenvalue weighted by atomic mass is 9.68. The second-order valence-electron chi connectivity index (χ2n) is 8.23. The van der Waals surface area contributed by atoms with Crippen LogP contribution in [0.3, 0.4) is 0 Å². The van der Waals surface area contributed by atoms with Crippen molar-refractivity contribution in [2.75, 3.05) is 14.2 Å². The number of nitrogens with two attached hydrogens (primary N) is 1. The molecule has 4 rings (SSSR count). The van der Waals surface area contributed by atoms with Crippen LogP contribution in [0.5, 0.6) is 5.75 Å². The molecule has 1 heterocycles. The zero-order valence-corrected chi connectivity index (χ0v) is 17.0. The molecular formula is C24H29N3O. The Morgan fingerprint density at radius 1 is 1.18 bits per heavy atom. The number of ether oxygens (including phenoxy) is 1. The molecule has 0 bridgehead atoms. The molecule has 0 aromatic heterocycles. The molecule has 0 spiro atoms. The van der Waals surface area contributed by atoms with E-state index in [9.17, 15) is 0 Å². The van der Waals surface area contributed by atoms with Gasteiger partial charge in [0.15, 0.2) is 6.29 Å². The van der Waals surface area contributed by atoms with Gasteiger partial charge in [0.25, 0.3) is 0 Å². The molecule has 2 atom stereocenters. The molecule has 4 heteroatoms. The zero-order valence-electron chi connectivity index (χ0n) is 17.0. The average Bonchev–Trinajstić information content (AvgIpc) is 2.70. The minimum atomic E-state index is -0.278. The van der Waals surface area contributed by atoms with E-state index in [4.69, 9.17) is 15.5 Å². The van der Waals surface area contributed by atoms with Crippen LogP contribution in [0.15, 0.2) is 65.3 Å². The van der Waals surface area contributed by atoms with Gasteiger partial charge in [-0.05, 0) is 60.1 Å². The molecule has 2 aromatic carbocycles. The van der Waals surface area contributed by atoms with Crippen molar-refractivity contribution in [3.8, 4) is 16.9 Å². The standard InChI is InChI=1S/C24H29N3O/c1-24(12-6-10-20-16-27(2)23(25)26-22(20)24)15-17-7-4-8-18(13-17)19-9-5-11-21(14-19)28-3/h4-5,7-9,11,13-14,16,23H,6,10,12,15,25H2,1-3H3. The predicted molar refractivity (Wildman–Crippen MR) is 115 cm³/mol. The third-order valence-electron chi connectivity index (χ3n) is 6.01. The maximum atomic E-state index is 6.21. The van der Waals surface area contributed by atoms with E-state index in [0.29, 0.717) is 0 Å². The minimum Gasteiger partial charge on any atom is -0.497 e. The maximum absolute atomic E-state index is 6.21. The Hall–Kier alpha value is -2.59. The van der Waals surface area contributed by atoms with Gasteiger partial charge in [-0.2, -0.15) is 0 Å². The molecule has 1 saturated carbocycles. The first-order valence-corrected chi connectivity index (χ1v) is 9.99. The molecule has 0 amide bonds. The molecule has 1 fully saturated rings. The van der Waals surface area contributed by atoms with E-state index in [1.807, 2.05) is 24.1 Å². The summed E-state index contributed by atoms with van der Waals surface area (Å²) < 4.78 is 5.38. The van der Waals surface area contributed by atoms with Gasteiger partial charge in [0.05, 0.1) is 7.11 Å². The van der Waals surface area contributed by atoms with Crippen molar-refractivity contribution in [1.29, 1.82) is 0 Å². The molecule has 2 aromatic rings. The molecule has 2 aliphatic rings. The average molecular weight is 376 g/mol. The monoisotopic (exact) mass is 375 g/mol. The molecule has 0 saturated heterocycles. The highest BCUT2D eigenvalue weighted by Crippen LogP contribution is 2.41. The Kier molecular flexibility index (Phi) is 4.98. The number of benzene rings is 2. The summed E-state index contributed by atoms with van der Waals surface area (Å²) in [5.74, 6) is 0.881. The summed E-state index contributed by atoms with van der Waals surface area (Å²) in [6.07, 6.45) is 6.31. The van der Waals surface area contributed by atoms with Crippen molar-refractivity contribution in [1.82, 2.24) is 4.90 Å². The summed E-state index contributed by atoms with van der Waals surface area (Å²) in [6.45, 7) is 2.34. The molecule has 2 N–H and O–H groups in total. The van der Waals surface area contributed by atoms with Gasteiger partial charge in [-0.15, -0.1) is 0 Å². The number of hydrogen-bond acceptors (Lipinski definition) is 4. The minimum absolute atomic E-state index is 0.0238. The molecule has 1 aliphatic carbocycles. The van der Waals surface area contributed by atoms with E-state index < -0.39 is 0 Å². The smallest absolute Gasteiger partial charge is 0.173 e. The van der Waals surface area contributed by atoms with Crippen LogP contribution in [0.2, 0.25) is 0 Å². The molecular weight excluding hydrogens is 346 g/mol. The number of nitrogens with zero attached hydrogens (tertiary/aromatic N) is 2. The van der Waals surface area contributed by atoms with Gasteiger partial charge in [-0.25, -0.2) is 4.99 Å². The lowest BCUT2D eigenvalue weighted by Crippen LogP contribution is -2.44. The SMILES string of the molecule is COc1cccc(-c2cccc(CC3(C)CCCC4=CN(C)C(N)N=C43)c2)c1. The van der Waals surface area contributed by atoms with Crippen LogP contribution in [0.1, 0.15) is 31.7 Å². The van der Waals surface area contributed by atoms with Crippen molar-refractivity contribution in [2.24, 2.45) is 16.1 Å².